The second-order valence-electron chi connectivity index (χ2n) is 6.18. The number of hydrogen-bond donors (Lipinski definition) is 3. The van der Waals surface area contributed by atoms with Gasteiger partial charge in [0, 0.05) is 18.7 Å². The molecule has 0 spiro atoms. The van der Waals surface area contributed by atoms with Crippen LogP contribution in [0.25, 0.3) is 11.1 Å². The number of hydrogen-bond acceptors (Lipinski definition) is 6. The fourth-order valence-corrected chi connectivity index (χ4v) is 2.57. The molecule has 9 nitrogen and oxygen atoms in total. The van der Waals surface area contributed by atoms with Crippen molar-refractivity contribution in [2.75, 3.05) is 6.54 Å². The number of rotatable bonds is 6. The maximum atomic E-state index is 12.6. The molecule has 0 unspecified atom stereocenters. The SMILES string of the molecule is Cc1noc2nc(C(C)C)cc(C(=O)NCCCc3n[nH]c(=O)[nH]3)c12. The highest BCUT2D eigenvalue weighted by Gasteiger charge is 2.19. The summed E-state index contributed by atoms with van der Waals surface area (Å²) in [5.41, 5.74) is 1.98. The number of pyridine rings is 1. The van der Waals surface area contributed by atoms with Crippen molar-refractivity contribution < 1.29 is 9.32 Å². The van der Waals surface area contributed by atoms with E-state index in [0.29, 0.717) is 47.6 Å². The summed E-state index contributed by atoms with van der Waals surface area (Å²) < 4.78 is 5.23. The topological polar surface area (TPSA) is 130 Å². The number of carbonyl (C=O) groups is 1. The van der Waals surface area contributed by atoms with E-state index in [0.717, 1.165) is 5.69 Å². The predicted octanol–water partition coefficient (Wildman–Crippen LogP) is 1.43. The van der Waals surface area contributed by atoms with Gasteiger partial charge in [0.1, 0.15) is 5.82 Å². The molecule has 9 heteroatoms. The summed E-state index contributed by atoms with van der Waals surface area (Å²) in [7, 11) is 0. The highest BCUT2D eigenvalue weighted by molar-refractivity contribution is 6.06. The highest BCUT2D eigenvalue weighted by atomic mass is 16.5. The molecule has 0 saturated carbocycles. The molecule has 3 aromatic heterocycles. The lowest BCUT2D eigenvalue weighted by Crippen LogP contribution is -2.25. The molecule has 3 heterocycles. The first-order valence-electron chi connectivity index (χ1n) is 8.14. The summed E-state index contributed by atoms with van der Waals surface area (Å²) in [6.45, 7) is 6.25. The Morgan fingerprint density at radius 3 is 2.88 bits per heavy atom. The zero-order valence-electron chi connectivity index (χ0n) is 14.3. The third-order valence-corrected chi connectivity index (χ3v) is 3.90. The molecule has 3 N–H and O–H groups in total. The van der Waals surface area contributed by atoms with Crippen LogP contribution < -0.4 is 11.0 Å². The van der Waals surface area contributed by atoms with Crippen molar-refractivity contribution in [1.82, 2.24) is 30.6 Å². The second kappa shape index (κ2) is 6.88. The van der Waals surface area contributed by atoms with Crippen molar-refractivity contribution in [2.24, 2.45) is 0 Å². The summed E-state index contributed by atoms with van der Waals surface area (Å²) in [6.07, 6.45) is 1.22. The molecule has 0 radical (unpaired) electrons. The normalized spacial score (nSPS) is 11.4. The quantitative estimate of drug-likeness (QED) is 0.580. The minimum atomic E-state index is -0.331. The van der Waals surface area contributed by atoms with Gasteiger partial charge in [0.15, 0.2) is 0 Å². The predicted molar refractivity (Wildman–Crippen MR) is 90.5 cm³/mol. The van der Waals surface area contributed by atoms with Gasteiger partial charge >= 0.3 is 5.69 Å². The summed E-state index contributed by atoms with van der Waals surface area (Å²) in [4.78, 5) is 30.6. The molecule has 3 rings (SSSR count). The zero-order valence-corrected chi connectivity index (χ0v) is 14.3. The van der Waals surface area contributed by atoms with E-state index < -0.39 is 0 Å². The first kappa shape index (κ1) is 16.9. The Kier molecular flexibility index (Phi) is 4.64. The highest BCUT2D eigenvalue weighted by Crippen LogP contribution is 2.24. The largest absolute Gasteiger partial charge is 0.352 e. The fourth-order valence-electron chi connectivity index (χ4n) is 2.57. The van der Waals surface area contributed by atoms with Gasteiger partial charge in [-0.25, -0.2) is 14.9 Å². The van der Waals surface area contributed by atoms with E-state index in [1.165, 1.54) is 0 Å². The zero-order chi connectivity index (χ0) is 18.0. The molecule has 0 aliphatic carbocycles. The van der Waals surface area contributed by atoms with Crippen molar-refractivity contribution >= 4 is 17.0 Å². The Hall–Kier alpha value is -2.97. The molecule has 0 saturated heterocycles. The van der Waals surface area contributed by atoms with Crippen LogP contribution in [-0.4, -0.2) is 37.8 Å². The van der Waals surface area contributed by atoms with Crippen LogP contribution in [0.4, 0.5) is 0 Å². The van der Waals surface area contributed by atoms with Crippen LogP contribution in [0.3, 0.4) is 0 Å². The van der Waals surface area contributed by atoms with Gasteiger partial charge in [-0.1, -0.05) is 19.0 Å². The van der Waals surface area contributed by atoms with Crippen molar-refractivity contribution in [2.45, 2.75) is 39.5 Å². The number of carbonyl (C=O) groups excluding carboxylic acids is 1. The Morgan fingerprint density at radius 2 is 2.20 bits per heavy atom. The van der Waals surface area contributed by atoms with Crippen molar-refractivity contribution in [3.63, 3.8) is 0 Å². The monoisotopic (exact) mass is 344 g/mol. The van der Waals surface area contributed by atoms with Gasteiger partial charge in [-0.3, -0.25) is 9.78 Å². The van der Waals surface area contributed by atoms with E-state index in [-0.39, 0.29) is 17.5 Å². The molecule has 0 aliphatic heterocycles. The summed E-state index contributed by atoms with van der Waals surface area (Å²) in [5, 5.41) is 13.6. The summed E-state index contributed by atoms with van der Waals surface area (Å²) in [6, 6.07) is 1.79. The molecule has 0 aliphatic rings. The number of aromatic amines is 2. The van der Waals surface area contributed by atoms with Gasteiger partial charge in [0.05, 0.1) is 16.6 Å². The van der Waals surface area contributed by atoms with E-state index in [1.54, 1.807) is 13.0 Å². The molecule has 1 amide bonds. The molecule has 132 valence electrons. The molecule has 0 bridgehead atoms. The van der Waals surface area contributed by atoms with Crippen LogP contribution >= 0.6 is 0 Å². The van der Waals surface area contributed by atoms with Crippen LogP contribution in [0.1, 0.15) is 53.8 Å². The average molecular weight is 344 g/mol. The molecule has 0 atom stereocenters. The van der Waals surface area contributed by atoms with Crippen molar-refractivity contribution in [3.05, 3.63) is 39.3 Å². The number of nitrogens with one attached hydrogen (secondary N) is 3. The van der Waals surface area contributed by atoms with Gasteiger partial charge in [-0.05, 0) is 25.3 Å². The van der Waals surface area contributed by atoms with Crippen LogP contribution in [-0.2, 0) is 6.42 Å². The number of aromatic nitrogens is 5. The van der Waals surface area contributed by atoms with E-state index >= 15 is 0 Å². The first-order chi connectivity index (χ1) is 12.0. The van der Waals surface area contributed by atoms with Gasteiger partial charge in [0.2, 0.25) is 0 Å². The minimum Gasteiger partial charge on any atom is -0.352 e. The summed E-state index contributed by atoms with van der Waals surface area (Å²) in [5.74, 6) is 0.538. The van der Waals surface area contributed by atoms with E-state index in [2.05, 4.69) is 30.6 Å². The summed E-state index contributed by atoms with van der Waals surface area (Å²) >= 11 is 0. The van der Waals surface area contributed by atoms with Gasteiger partial charge < -0.3 is 9.84 Å². The van der Waals surface area contributed by atoms with E-state index in [9.17, 15) is 9.59 Å². The standard InChI is InChI=1S/C16H20N6O3/c1-8(2)11-7-10(13-9(3)22-25-15(13)18-11)14(23)17-6-4-5-12-19-16(24)21-20-12/h7-8H,4-6H2,1-3H3,(H,17,23)(H2,19,20,21,24). The van der Waals surface area contributed by atoms with Crippen LogP contribution in [0.15, 0.2) is 15.4 Å². The average Bonchev–Trinajstić information content (AvgIpc) is 3.16. The number of fused-ring (bicyclic) bond motifs is 1. The van der Waals surface area contributed by atoms with Gasteiger partial charge in [-0.2, -0.15) is 5.10 Å². The first-order valence-corrected chi connectivity index (χ1v) is 8.14. The Bertz CT molecular complexity index is 952. The molecule has 3 aromatic rings. The van der Waals surface area contributed by atoms with Gasteiger partial charge in [-0.15, -0.1) is 0 Å². The number of H-pyrrole nitrogens is 2. The Morgan fingerprint density at radius 1 is 1.40 bits per heavy atom. The van der Waals surface area contributed by atoms with Crippen LogP contribution in [0.2, 0.25) is 0 Å². The third-order valence-electron chi connectivity index (χ3n) is 3.90. The molecule has 0 aromatic carbocycles. The third kappa shape index (κ3) is 3.59. The maximum Gasteiger partial charge on any atom is 0.340 e. The van der Waals surface area contributed by atoms with E-state index in [1.807, 2.05) is 13.8 Å². The fraction of sp³-hybridized carbons (Fsp3) is 0.438. The lowest BCUT2D eigenvalue weighted by molar-refractivity contribution is 0.0954. The lowest BCUT2D eigenvalue weighted by atomic mass is 10.0. The van der Waals surface area contributed by atoms with Gasteiger partial charge in [0.25, 0.3) is 11.6 Å². The van der Waals surface area contributed by atoms with Crippen LogP contribution in [0, 0.1) is 6.92 Å². The Balaban J connectivity index is 1.72. The molecule has 25 heavy (non-hydrogen) atoms. The smallest absolute Gasteiger partial charge is 0.340 e. The number of aryl methyl sites for hydroxylation is 2. The molecular weight excluding hydrogens is 324 g/mol. The maximum absolute atomic E-state index is 12.6. The molecule has 0 fully saturated rings. The number of nitrogens with zero attached hydrogens (tertiary/aromatic N) is 3. The van der Waals surface area contributed by atoms with Crippen LogP contribution in [0.5, 0.6) is 0 Å². The van der Waals surface area contributed by atoms with Crippen molar-refractivity contribution in [3.8, 4) is 0 Å². The molecular formula is C16H20N6O3. The van der Waals surface area contributed by atoms with Crippen molar-refractivity contribution in [1.29, 1.82) is 0 Å². The number of amides is 1. The Labute approximate surface area is 143 Å². The minimum absolute atomic E-state index is 0.165. The lowest BCUT2D eigenvalue weighted by Gasteiger charge is -2.09. The second-order valence-corrected chi connectivity index (χ2v) is 6.18. The van der Waals surface area contributed by atoms with E-state index in [4.69, 9.17) is 4.52 Å².